The predicted octanol–water partition coefficient (Wildman–Crippen LogP) is 3.05. The molecule has 0 spiro atoms. The van der Waals surface area contributed by atoms with Crippen LogP contribution in [-0.2, 0) is 6.54 Å². The van der Waals surface area contributed by atoms with Gasteiger partial charge in [0.1, 0.15) is 17.3 Å². The van der Waals surface area contributed by atoms with Crippen molar-refractivity contribution in [1.29, 1.82) is 0 Å². The van der Waals surface area contributed by atoms with Crippen LogP contribution in [-0.4, -0.2) is 13.1 Å². The molecule has 1 fully saturated rings. The maximum absolute atomic E-state index is 14.0. The van der Waals surface area contributed by atoms with Crippen molar-refractivity contribution in [2.24, 2.45) is 11.1 Å². The van der Waals surface area contributed by atoms with E-state index < -0.39 is 11.6 Å². The second-order valence-electron chi connectivity index (χ2n) is 5.80. The Morgan fingerprint density at radius 2 is 1.89 bits per heavy atom. The second kappa shape index (κ2) is 4.84. The third kappa shape index (κ3) is 2.64. The molecule has 0 radical (unpaired) electrons. The van der Waals surface area contributed by atoms with Crippen LogP contribution >= 0.6 is 0 Å². The lowest BCUT2D eigenvalue weighted by molar-refractivity contribution is 0.290. The normalized spacial score (nSPS) is 19.1. The lowest BCUT2D eigenvalue weighted by Gasteiger charge is -2.39. The number of piperidine rings is 1. The quantitative estimate of drug-likeness (QED) is 0.879. The second-order valence-corrected chi connectivity index (χ2v) is 5.80. The van der Waals surface area contributed by atoms with Crippen LogP contribution in [0.15, 0.2) is 12.1 Å². The molecule has 2 N–H and O–H groups in total. The molecule has 1 heterocycles. The first-order valence-corrected chi connectivity index (χ1v) is 6.36. The minimum atomic E-state index is -0.506. The molecule has 1 aliphatic rings. The highest BCUT2D eigenvalue weighted by atomic mass is 19.1. The van der Waals surface area contributed by atoms with Gasteiger partial charge in [0.15, 0.2) is 0 Å². The largest absolute Gasteiger partial charge is 0.366 e. The maximum Gasteiger partial charge on any atom is 0.149 e. The van der Waals surface area contributed by atoms with E-state index in [4.69, 9.17) is 5.73 Å². The molecular formula is C14H20F2N2. The fraction of sp³-hybridized carbons (Fsp3) is 0.571. The van der Waals surface area contributed by atoms with Gasteiger partial charge >= 0.3 is 0 Å². The van der Waals surface area contributed by atoms with Crippen LogP contribution in [0.4, 0.5) is 14.5 Å². The molecule has 2 nitrogen and oxygen atoms in total. The highest BCUT2D eigenvalue weighted by molar-refractivity contribution is 5.51. The summed E-state index contributed by atoms with van der Waals surface area (Å²) in [5.41, 5.74) is 6.10. The van der Waals surface area contributed by atoms with Gasteiger partial charge in [-0.2, -0.15) is 0 Å². The number of rotatable bonds is 2. The molecule has 1 aliphatic heterocycles. The molecule has 1 saturated heterocycles. The fourth-order valence-electron chi connectivity index (χ4n) is 2.65. The number of anilines is 1. The summed E-state index contributed by atoms with van der Waals surface area (Å²) < 4.78 is 28.0. The average molecular weight is 254 g/mol. The molecule has 0 atom stereocenters. The number of nitrogens with zero attached hydrogens (tertiary/aromatic N) is 1. The summed E-state index contributed by atoms with van der Waals surface area (Å²) in [5.74, 6) is -1.01. The number of benzene rings is 1. The summed E-state index contributed by atoms with van der Waals surface area (Å²) in [6.07, 6.45) is 2.05. The van der Waals surface area contributed by atoms with E-state index in [9.17, 15) is 8.78 Å². The molecule has 1 aromatic carbocycles. The lowest BCUT2D eigenvalue weighted by atomic mass is 9.84. The zero-order valence-corrected chi connectivity index (χ0v) is 11.0. The molecular weight excluding hydrogens is 234 g/mol. The molecule has 1 aromatic rings. The van der Waals surface area contributed by atoms with Crippen molar-refractivity contribution >= 4 is 5.69 Å². The Bertz CT molecular complexity index is 420. The smallest absolute Gasteiger partial charge is 0.149 e. The zero-order valence-electron chi connectivity index (χ0n) is 11.0. The molecule has 0 bridgehead atoms. The zero-order chi connectivity index (χ0) is 13.3. The van der Waals surface area contributed by atoms with Crippen molar-refractivity contribution in [2.45, 2.75) is 33.2 Å². The maximum atomic E-state index is 14.0. The summed E-state index contributed by atoms with van der Waals surface area (Å²) in [5, 5.41) is 0. The fourth-order valence-corrected chi connectivity index (χ4v) is 2.65. The topological polar surface area (TPSA) is 29.3 Å². The van der Waals surface area contributed by atoms with Crippen LogP contribution in [0.1, 0.15) is 32.3 Å². The Labute approximate surface area is 107 Å². The highest BCUT2D eigenvalue weighted by Gasteiger charge is 2.29. The van der Waals surface area contributed by atoms with Gasteiger partial charge in [0.2, 0.25) is 0 Å². The number of hydrogen-bond acceptors (Lipinski definition) is 2. The van der Waals surface area contributed by atoms with Crippen LogP contribution in [0.25, 0.3) is 0 Å². The summed E-state index contributed by atoms with van der Waals surface area (Å²) in [6, 6.07) is 2.67. The van der Waals surface area contributed by atoms with Crippen LogP contribution in [0.5, 0.6) is 0 Å². The van der Waals surface area contributed by atoms with E-state index in [-0.39, 0.29) is 17.6 Å². The molecule has 0 aliphatic carbocycles. The number of nitrogens with two attached hydrogens (primary N) is 1. The molecule has 2 rings (SSSR count). The van der Waals surface area contributed by atoms with Crippen molar-refractivity contribution in [3.63, 3.8) is 0 Å². The Hall–Kier alpha value is -1.16. The van der Waals surface area contributed by atoms with Crippen LogP contribution in [0, 0.1) is 17.0 Å². The molecule has 0 aromatic heterocycles. The first kappa shape index (κ1) is 13.3. The van der Waals surface area contributed by atoms with Gasteiger partial charge in [-0.05, 0) is 36.0 Å². The van der Waals surface area contributed by atoms with Crippen LogP contribution in [0.2, 0.25) is 0 Å². The molecule has 0 amide bonds. The Kier molecular flexibility index (Phi) is 3.57. The van der Waals surface area contributed by atoms with E-state index in [1.807, 2.05) is 4.90 Å². The SMILES string of the molecule is CC1(C)CCCN(c2c(F)cc(CN)cc2F)C1. The standard InChI is InChI=1S/C14H20F2N2/c1-14(2)4-3-5-18(9-14)13-11(15)6-10(8-17)7-12(13)16/h6-7H,3-5,8-9,17H2,1-2H3. The molecule has 0 saturated carbocycles. The Morgan fingerprint density at radius 3 is 2.39 bits per heavy atom. The van der Waals surface area contributed by atoms with E-state index in [0.29, 0.717) is 18.7 Å². The Balaban J connectivity index is 2.33. The van der Waals surface area contributed by atoms with Crippen LogP contribution in [0.3, 0.4) is 0 Å². The van der Waals surface area contributed by atoms with Gasteiger partial charge in [-0.1, -0.05) is 13.8 Å². The first-order valence-electron chi connectivity index (χ1n) is 6.36. The van der Waals surface area contributed by atoms with Crippen molar-refractivity contribution in [1.82, 2.24) is 0 Å². The summed E-state index contributed by atoms with van der Waals surface area (Å²) >= 11 is 0. The Morgan fingerprint density at radius 1 is 1.28 bits per heavy atom. The van der Waals surface area contributed by atoms with Gasteiger partial charge < -0.3 is 10.6 Å². The molecule has 4 heteroatoms. The van der Waals surface area contributed by atoms with Gasteiger partial charge in [0.25, 0.3) is 0 Å². The van der Waals surface area contributed by atoms with Crippen molar-refractivity contribution in [3.05, 3.63) is 29.3 Å². The third-order valence-electron chi connectivity index (χ3n) is 3.53. The lowest BCUT2D eigenvalue weighted by Crippen LogP contribution is -2.41. The predicted molar refractivity (Wildman–Crippen MR) is 69.5 cm³/mol. The van der Waals surface area contributed by atoms with Gasteiger partial charge in [-0.15, -0.1) is 0 Å². The van der Waals surface area contributed by atoms with Gasteiger partial charge in [0, 0.05) is 19.6 Å². The van der Waals surface area contributed by atoms with Gasteiger partial charge in [0.05, 0.1) is 0 Å². The summed E-state index contributed by atoms with van der Waals surface area (Å²) in [6.45, 7) is 5.80. The van der Waals surface area contributed by atoms with Crippen LogP contribution < -0.4 is 10.6 Å². The van der Waals surface area contributed by atoms with E-state index in [1.165, 1.54) is 12.1 Å². The van der Waals surface area contributed by atoms with E-state index in [2.05, 4.69) is 13.8 Å². The average Bonchev–Trinajstić information content (AvgIpc) is 2.26. The summed E-state index contributed by atoms with van der Waals surface area (Å²) in [4.78, 5) is 1.81. The molecule has 18 heavy (non-hydrogen) atoms. The number of hydrogen-bond donors (Lipinski definition) is 1. The van der Waals surface area contributed by atoms with E-state index in [1.54, 1.807) is 0 Å². The minimum Gasteiger partial charge on any atom is -0.366 e. The van der Waals surface area contributed by atoms with Gasteiger partial charge in [-0.3, -0.25) is 0 Å². The van der Waals surface area contributed by atoms with Crippen molar-refractivity contribution < 1.29 is 8.78 Å². The third-order valence-corrected chi connectivity index (χ3v) is 3.53. The van der Waals surface area contributed by atoms with Gasteiger partial charge in [-0.25, -0.2) is 8.78 Å². The first-order chi connectivity index (χ1) is 8.43. The summed E-state index contributed by atoms with van der Waals surface area (Å²) in [7, 11) is 0. The minimum absolute atomic E-state index is 0.0972. The van der Waals surface area contributed by atoms with E-state index >= 15 is 0 Å². The van der Waals surface area contributed by atoms with Crippen molar-refractivity contribution in [2.75, 3.05) is 18.0 Å². The van der Waals surface area contributed by atoms with E-state index in [0.717, 1.165) is 12.8 Å². The highest BCUT2D eigenvalue weighted by Crippen LogP contribution is 2.34. The molecule has 100 valence electrons. The monoisotopic (exact) mass is 254 g/mol. The molecule has 0 unspecified atom stereocenters. The van der Waals surface area contributed by atoms with Crippen molar-refractivity contribution in [3.8, 4) is 0 Å². The number of halogens is 2.